The number of carbonyl (C=O) groups excluding carboxylic acids is 1. The van der Waals surface area contributed by atoms with Gasteiger partial charge in [-0.1, -0.05) is 47.5 Å². The van der Waals surface area contributed by atoms with E-state index in [1.165, 1.54) is 0 Å². The van der Waals surface area contributed by atoms with Crippen LogP contribution in [0.3, 0.4) is 0 Å². The standard InChI is InChI=1S/C18H14ClN5O/c1-10-15(11-5-3-2-4-6-11)16(10)18(25)20-14-9-12(19)7-8-13(14)17-21-23-24-22-17/h2-9,16H,1H3,(H,20,25)(H,21,22,23,24)/t16-/m0/s1. The van der Waals surface area contributed by atoms with Gasteiger partial charge in [0.1, 0.15) is 0 Å². The molecule has 1 aromatic heterocycles. The van der Waals surface area contributed by atoms with Crippen LogP contribution in [-0.2, 0) is 4.79 Å². The number of tetrazole rings is 1. The number of nitrogens with zero attached hydrogens (tertiary/aromatic N) is 3. The fourth-order valence-electron chi connectivity index (χ4n) is 2.97. The third kappa shape index (κ3) is 2.92. The van der Waals surface area contributed by atoms with Crippen LogP contribution in [0, 0.1) is 5.92 Å². The molecule has 0 saturated carbocycles. The molecular weight excluding hydrogens is 338 g/mol. The number of aromatic nitrogens is 4. The number of amides is 1. The maximum atomic E-state index is 12.7. The Kier molecular flexibility index (Phi) is 3.82. The molecule has 124 valence electrons. The fraction of sp³-hybridized carbons (Fsp3) is 0.111. The highest BCUT2D eigenvalue weighted by molar-refractivity contribution is 6.31. The van der Waals surface area contributed by atoms with Gasteiger partial charge in [0.05, 0.1) is 11.6 Å². The summed E-state index contributed by atoms with van der Waals surface area (Å²) in [6, 6.07) is 15.1. The van der Waals surface area contributed by atoms with Crippen molar-refractivity contribution in [1.82, 2.24) is 20.6 Å². The molecule has 0 saturated heterocycles. The summed E-state index contributed by atoms with van der Waals surface area (Å²) in [7, 11) is 0. The lowest BCUT2D eigenvalue weighted by atomic mass is 10.1. The molecule has 2 N–H and O–H groups in total. The molecule has 0 aliphatic heterocycles. The number of rotatable bonds is 4. The van der Waals surface area contributed by atoms with Crippen LogP contribution in [0.15, 0.2) is 54.1 Å². The predicted molar refractivity (Wildman–Crippen MR) is 95.8 cm³/mol. The molecule has 0 unspecified atom stereocenters. The Morgan fingerprint density at radius 3 is 2.72 bits per heavy atom. The number of aromatic amines is 1. The van der Waals surface area contributed by atoms with Crippen LogP contribution < -0.4 is 5.32 Å². The van der Waals surface area contributed by atoms with Gasteiger partial charge in [0.2, 0.25) is 11.7 Å². The number of H-pyrrole nitrogens is 1. The second-order valence-corrected chi connectivity index (χ2v) is 6.25. The minimum absolute atomic E-state index is 0.0941. The number of carbonyl (C=O) groups is 1. The third-order valence-corrected chi connectivity index (χ3v) is 4.47. The smallest absolute Gasteiger partial charge is 0.236 e. The van der Waals surface area contributed by atoms with E-state index >= 15 is 0 Å². The number of hydrogen-bond donors (Lipinski definition) is 2. The van der Waals surface area contributed by atoms with Crippen LogP contribution in [0.1, 0.15) is 12.5 Å². The largest absolute Gasteiger partial charge is 0.325 e. The minimum Gasteiger partial charge on any atom is -0.325 e. The zero-order chi connectivity index (χ0) is 17.4. The summed E-state index contributed by atoms with van der Waals surface area (Å²) in [4.78, 5) is 12.7. The molecule has 0 spiro atoms. The van der Waals surface area contributed by atoms with E-state index in [0.29, 0.717) is 22.1 Å². The van der Waals surface area contributed by atoms with Gasteiger partial charge in [-0.25, -0.2) is 0 Å². The first-order valence-corrected chi connectivity index (χ1v) is 8.13. The quantitative estimate of drug-likeness (QED) is 0.752. The average molecular weight is 352 g/mol. The van der Waals surface area contributed by atoms with E-state index in [0.717, 1.165) is 16.7 Å². The number of benzene rings is 2. The monoisotopic (exact) mass is 351 g/mol. The van der Waals surface area contributed by atoms with E-state index in [2.05, 4.69) is 25.9 Å². The van der Waals surface area contributed by atoms with Gasteiger partial charge in [0.25, 0.3) is 0 Å². The highest BCUT2D eigenvalue weighted by atomic mass is 35.5. The van der Waals surface area contributed by atoms with Crippen LogP contribution in [0.25, 0.3) is 17.0 Å². The molecule has 0 bridgehead atoms. The van der Waals surface area contributed by atoms with Crippen LogP contribution >= 0.6 is 11.6 Å². The second-order valence-electron chi connectivity index (χ2n) is 5.81. The Bertz CT molecular complexity index is 966. The Morgan fingerprint density at radius 1 is 1.20 bits per heavy atom. The Morgan fingerprint density at radius 2 is 2.00 bits per heavy atom. The summed E-state index contributed by atoms with van der Waals surface area (Å²) >= 11 is 6.08. The molecule has 7 heteroatoms. The average Bonchev–Trinajstić information content (AvgIpc) is 3.03. The number of hydrogen-bond acceptors (Lipinski definition) is 4. The lowest BCUT2D eigenvalue weighted by Crippen LogP contribution is -2.16. The summed E-state index contributed by atoms with van der Waals surface area (Å²) in [5.74, 6) is 0.0820. The Balaban J connectivity index is 1.58. The first kappa shape index (κ1) is 15.5. The van der Waals surface area contributed by atoms with Gasteiger partial charge >= 0.3 is 0 Å². The zero-order valence-corrected chi connectivity index (χ0v) is 14.1. The molecule has 4 rings (SSSR count). The molecule has 0 fully saturated rings. The van der Waals surface area contributed by atoms with Crippen molar-refractivity contribution >= 4 is 28.8 Å². The van der Waals surface area contributed by atoms with Crippen LogP contribution in [0.5, 0.6) is 0 Å². The normalized spacial score (nSPS) is 16.0. The maximum absolute atomic E-state index is 12.7. The van der Waals surface area contributed by atoms with E-state index in [1.54, 1.807) is 18.2 Å². The van der Waals surface area contributed by atoms with Gasteiger partial charge in [-0.2, -0.15) is 5.21 Å². The first-order chi connectivity index (χ1) is 12.1. The van der Waals surface area contributed by atoms with Gasteiger partial charge in [0, 0.05) is 10.6 Å². The lowest BCUT2D eigenvalue weighted by molar-refractivity contribution is -0.116. The predicted octanol–water partition coefficient (Wildman–Crippen LogP) is 3.56. The fourth-order valence-corrected chi connectivity index (χ4v) is 3.14. The van der Waals surface area contributed by atoms with E-state index in [1.807, 2.05) is 37.3 Å². The first-order valence-electron chi connectivity index (χ1n) is 7.75. The van der Waals surface area contributed by atoms with E-state index in [9.17, 15) is 4.79 Å². The van der Waals surface area contributed by atoms with Crippen molar-refractivity contribution < 1.29 is 4.79 Å². The summed E-state index contributed by atoms with van der Waals surface area (Å²) < 4.78 is 0. The third-order valence-electron chi connectivity index (χ3n) is 4.24. The zero-order valence-electron chi connectivity index (χ0n) is 13.3. The van der Waals surface area contributed by atoms with E-state index in [4.69, 9.17) is 11.6 Å². The number of halogens is 1. The molecule has 2 aromatic carbocycles. The molecule has 1 heterocycles. The van der Waals surface area contributed by atoms with Crippen molar-refractivity contribution in [2.24, 2.45) is 5.92 Å². The molecule has 6 nitrogen and oxygen atoms in total. The van der Waals surface area contributed by atoms with Crippen molar-refractivity contribution in [1.29, 1.82) is 0 Å². The SMILES string of the molecule is CC1=C(c2ccccc2)[C@H]1C(=O)Nc1cc(Cl)ccc1-c1nn[nH]n1. The van der Waals surface area contributed by atoms with E-state index < -0.39 is 0 Å². The summed E-state index contributed by atoms with van der Waals surface area (Å²) in [5, 5.41) is 17.4. The highest BCUT2D eigenvalue weighted by Crippen LogP contribution is 2.47. The number of nitrogens with one attached hydrogen (secondary N) is 2. The Hall–Kier alpha value is -2.99. The van der Waals surface area contributed by atoms with Crippen molar-refractivity contribution in [3.8, 4) is 11.4 Å². The molecule has 3 aromatic rings. The molecule has 0 radical (unpaired) electrons. The Labute approximate surface area is 148 Å². The lowest BCUT2D eigenvalue weighted by Gasteiger charge is -2.10. The van der Waals surface area contributed by atoms with Crippen molar-refractivity contribution in [2.75, 3.05) is 5.32 Å². The summed E-state index contributed by atoms with van der Waals surface area (Å²) in [6.07, 6.45) is 0. The topological polar surface area (TPSA) is 83.6 Å². The number of anilines is 1. The molecular formula is C18H14ClN5O. The molecule has 1 atom stereocenters. The van der Waals surface area contributed by atoms with Crippen LogP contribution in [0.2, 0.25) is 5.02 Å². The van der Waals surface area contributed by atoms with Gasteiger partial charge in [0.15, 0.2) is 0 Å². The van der Waals surface area contributed by atoms with Crippen molar-refractivity contribution in [2.45, 2.75) is 6.92 Å². The van der Waals surface area contributed by atoms with Crippen molar-refractivity contribution in [3.63, 3.8) is 0 Å². The van der Waals surface area contributed by atoms with E-state index in [-0.39, 0.29) is 11.8 Å². The minimum atomic E-state index is -0.223. The second kappa shape index (κ2) is 6.14. The molecule has 1 aliphatic rings. The molecule has 1 amide bonds. The van der Waals surface area contributed by atoms with Crippen LogP contribution in [0.4, 0.5) is 5.69 Å². The van der Waals surface area contributed by atoms with Gasteiger partial charge < -0.3 is 5.32 Å². The van der Waals surface area contributed by atoms with Gasteiger partial charge in [-0.15, -0.1) is 10.2 Å². The maximum Gasteiger partial charge on any atom is 0.236 e. The highest BCUT2D eigenvalue weighted by Gasteiger charge is 2.40. The summed E-state index contributed by atoms with van der Waals surface area (Å²) in [5.41, 5.74) is 4.44. The van der Waals surface area contributed by atoms with Crippen molar-refractivity contribution in [3.05, 3.63) is 64.7 Å². The van der Waals surface area contributed by atoms with Crippen LogP contribution in [-0.4, -0.2) is 26.5 Å². The molecule has 25 heavy (non-hydrogen) atoms. The van der Waals surface area contributed by atoms with Gasteiger partial charge in [-0.05, 0) is 41.5 Å². The van der Waals surface area contributed by atoms with Gasteiger partial charge in [-0.3, -0.25) is 4.79 Å². The summed E-state index contributed by atoms with van der Waals surface area (Å²) in [6.45, 7) is 1.98. The molecule has 1 aliphatic carbocycles.